The first-order valence-electron chi connectivity index (χ1n) is 6.03. The van der Waals surface area contributed by atoms with Gasteiger partial charge >= 0.3 is 0 Å². The molecule has 0 radical (unpaired) electrons. The zero-order valence-electron chi connectivity index (χ0n) is 10.8. The van der Waals surface area contributed by atoms with Gasteiger partial charge in [-0.25, -0.2) is 4.39 Å². The molecule has 1 amide bonds. The molecule has 0 aromatic heterocycles. The number of ether oxygens (including phenoxy) is 1. The highest BCUT2D eigenvalue weighted by Crippen LogP contribution is 2.16. The van der Waals surface area contributed by atoms with Gasteiger partial charge in [0.15, 0.2) is 6.10 Å². The first-order valence-corrected chi connectivity index (χ1v) is 6.82. The van der Waals surface area contributed by atoms with Crippen molar-refractivity contribution in [1.29, 1.82) is 0 Å². The molecule has 5 heteroatoms. The molecule has 2 rings (SSSR count). The SMILES string of the molecule is CC(Oc1ccc(F)cc1)C(=O)Nc1ccc(Br)cc1. The van der Waals surface area contributed by atoms with Crippen LogP contribution < -0.4 is 10.1 Å². The van der Waals surface area contributed by atoms with Gasteiger partial charge in [-0.1, -0.05) is 15.9 Å². The van der Waals surface area contributed by atoms with Gasteiger partial charge in [-0.3, -0.25) is 4.79 Å². The lowest BCUT2D eigenvalue weighted by Crippen LogP contribution is -2.30. The van der Waals surface area contributed by atoms with E-state index in [9.17, 15) is 9.18 Å². The minimum absolute atomic E-state index is 0.267. The average molecular weight is 338 g/mol. The van der Waals surface area contributed by atoms with Crippen LogP contribution in [0.1, 0.15) is 6.92 Å². The third-order valence-corrected chi connectivity index (χ3v) is 3.14. The summed E-state index contributed by atoms with van der Waals surface area (Å²) in [7, 11) is 0. The van der Waals surface area contributed by atoms with E-state index >= 15 is 0 Å². The van der Waals surface area contributed by atoms with E-state index in [1.165, 1.54) is 24.3 Å². The second kappa shape index (κ2) is 6.52. The van der Waals surface area contributed by atoms with Crippen LogP contribution >= 0.6 is 15.9 Å². The first kappa shape index (κ1) is 14.5. The summed E-state index contributed by atoms with van der Waals surface area (Å²) in [5, 5.41) is 2.74. The number of benzene rings is 2. The van der Waals surface area contributed by atoms with E-state index in [1.54, 1.807) is 19.1 Å². The van der Waals surface area contributed by atoms with Crippen LogP contribution in [0.2, 0.25) is 0 Å². The highest BCUT2D eigenvalue weighted by molar-refractivity contribution is 9.10. The largest absolute Gasteiger partial charge is 0.481 e. The fraction of sp³-hybridized carbons (Fsp3) is 0.133. The molecule has 0 saturated heterocycles. The third-order valence-electron chi connectivity index (χ3n) is 2.61. The van der Waals surface area contributed by atoms with Crippen LogP contribution in [0.15, 0.2) is 53.0 Å². The quantitative estimate of drug-likeness (QED) is 0.915. The predicted molar refractivity (Wildman–Crippen MR) is 79.3 cm³/mol. The van der Waals surface area contributed by atoms with Crippen molar-refractivity contribution in [3.05, 3.63) is 58.8 Å². The fourth-order valence-corrected chi connectivity index (χ4v) is 1.81. The third kappa shape index (κ3) is 4.06. The smallest absolute Gasteiger partial charge is 0.265 e. The molecule has 0 heterocycles. The summed E-state index contributed by atoms with van der Waals surface area (Å²) in [4.78, 5) is 11.9. The van der Waals surface area contributed by atoms with Crippen molar-refractivity contribution in [3.8, 4) is 5.75 Å². The van der Waals surface area contributed by atoms with Crippen LogP contribution in [0.5, 0.6) is 5.75 Å². The summed E-state index contributed by atoms with van der Waals surface area (Å²) >= 11 is 3.32. The number of halogens is 2. The number of hydrogen-bond donors (Lipinski definition) is 1. The van der Waals surface area contributed by atoms with E-state index in [1.807, 2.05) is 12.1 Å². The van der Waals surface area contributed by atoms with Gasteiger partial charge in [0.05, 0.1) is 0 Å². The van der Waals surface area contributed by atoms with Gasteiger partial charge in [-0.15, -0.1) is 0 Å². The number of rotatable bonds is 4. The molecule has 0 aliphatic heterocycles. The average Bonchev–Trinajstić information content (AvgIpc) is 2.44. The van der Waals surface area contributed by atoms with Crippen molar-refractivity contribution in [2.24, 2.45) is 0 Å². The van der Waals surface area contributed by atoms with Gasteiger partial charge in [-0.2, -0.15) is 0 Å². The molecular formula is C15H13BrFNO2. The van der Waals surface area contributed by atoms with Crippen LogP contribution in [-0.4, -0.2) is 12.0 Å². The van der Waals surface area contributed by atoms with E-state index in [2.05, 4.69) is 21.2 Å². The summed E-state index contributed by atoms with van der Waals surface area (Å²) in [5.41, 5.74) is 0.688. The molecular weight excluding hydrogens is 325 g/mol. The lowest BCUT2D eigenvalue weighted by molar-refractivity contribution is -0.122. The first-order chi connectivity index (χ1) is 9.54. The Morgan fingerprint density at radius 3 is 2.35 bits per heavy atom. The van der Waals surface area contributed by atoms with Gasteiger partial charge in [0.2, 0.25) is 0 Å². The number of amides is 1. The van der Waals surface area contributed by atoms with Crippen LogP contribution in [0.4, 0.5) is 10.1 Å². The van der Waals surface area contributed by atoms with Gasteiger partial charge < -0.3 is 10.1 Å². The Bertz CT molecular complexity index is 584. The number of hydrogen-bond acceptors (Lipinski definition) is 2. The minimum atomic E-state index is -0.677. The standard InChI is InChI=1S/C15H13BrFNO2/c1-10(20-14-8-4-12(17)5-9-14)15(19)18-13-6-2-11(16)3-7-13/h2-10H,1H3,(H,18,19). The molecule has 0 aliphatic rings. The lowest BCUT2D eigenvalue weighted by atomic mass is 10.3. The second-order valence-electron chi connectivity index (χ2n) is 4.21. The predicted octanol–water partition coefficient (Wildman–Crippen LogP) is 3.99. The molecule has 0 bridgehead atoms. The number of carbonyl (C=O) groups excluding carboxylic acids is 1. The van der Waals surface area contributed by atoms with Gasteiger partial charge in [0, 0.05) is 10.2 Å². The number of anilines is 1. The summed E-state index contributed by atoms with van der Waals surface area (Å²) < 4.78 is 19.1. The summed E-state index contributed by atoms with van der Waals surface area (Å²) in [6, 6.07) is 12.8. The molecule has 3 nitrogen and oxygen atoms in total. The molecule has 104 valence electrons. The highest BCUT2D eigenvalue weighted by atomic mass is 79.9. The second-order valence-corrected chi connectivity index (χ2v) is 5.13. The Hall–Kier alpha value is -1.88. The zero-order chi connectivity index (χ0) is 14.5. The molecule has 0 aliphatic carbocycles. The number of carbonyl (C=O) groups is 1. The molecule has 0 saturated carbocycles. The summed E-state index contributed by atoms with van der Waals surface area (Å²) in [6.45, 7) is 1.64. The van der Waals surface area contributed by atoms with Crippen molar-refractivity contribution in [1.82, 2.24) is 0 Å². The fourth-order valence-electron chi connectivity index (χ4n) is 1.55. The van der Waals surface area contributed by atoms with Crippen LogP contribution in [-0.2, 0) is 4.79 Å². The van der Waals surface area contributed by atoms with E-state index in [4.69, 9.17) is 4.74 Å². The molecule has 1 unspecified atom stereocenters. The van der Waals surface area contributed by atoms with Crippen molar-refractivity contribution in [3.63, 3.8) is 0 Å². The maximum atomic E-state index is 12.8. The van der Waals surface area contributed by atoms with Crippen molar-refractivity contribution < 1.29 is 13.9 Å². The van der Waals surface area contributed by atoms with Gasteiger partial charge in [0.1, 0.15) is 11.6 Å². The Morgan fingerprint density at radius 2 is 1.75 bits per heavy atom. The number of nitrogens with one attached hydrogen (secondary N) is 1. The van der Waals surface area contributed by atoms with Crippen LogP contribution in [0, 0.1) is 5.82 Å². The minimum Gasteiger partial charge on any atom is -0.481 e. The maximum Gasteiger partial charge on any atom is 0.265 e. The van der Waals surface area contributed by atoms with E-state index in [-0.39, 0.29) is 11.7 Å². The molecule has 20 heavy (non-hydrogen) atoms. The Kier molecular flexibility index (Phi) is 4.74. The Morgan fingerprint density at radius 1 is 1.15 bits per heavy atom. The van der Waals surface area contributed by atoms with E-state index in [0.29, 0.717) is 11.4 Å². The zero-order valence-corrected chi connectivity index (χ0v) is 12.4. The lowest BCUT2D eigenvalue weighted by Gasteiger charge is -2.14. The highest BCUT2D eigenvalue weighted by Gasteiger charge is 2.14. The monoisotopic (exact) mass is 337 g/mol. The Balaban J connectivity index is 1.94. The molecule has 2 aromatic rings. The van der Waals surface area contributed by atoms with Gasteiger partial charge in [0.25, 0.3) is 5.91 Å². The van der Waals surface area contributed by atoms with E-state index < -0.39 is 6.10 Å². The molecule has 1 N–H and O–H groups in total. The summed E-state index contributed by atoms with van der Waals surface area (Å²) in [5.74, 6) is -0.161. The van der Waals surface area contributed by atoms with Crippen molar-refractivity contribution >= 4 is 27.5 Å². The topological polar surface area (TPSA) is 38.3 Å². The van der Waals surface area contributed by atoms with Crippen molar-refractivity contribution in [2.45, 2.75) is 13.0 Å². The molecule has 0 fully saturated rings. The van der Waals surface area contributed by atoms with E-state index in [0.717, 1.165) is 4.47 Å². The van der Waals surface area contributed by atoms with Crippen molar-refractivity contribution in [2.75, 3.05) is 5.32 Å². The molecule has 0 spiro atoms. The van der Waals surface area contributed by atoms with Crippen LogP contribution in [0.3, 0.4) is 0 Å². The molecule has 2 aromatic carbocycles. The normalized spacial score (nSPS) is 11.8. The summed E-state index contributed by atoms with van der Waals surface area (Å²) in [6.07, 6.45) is -0.677. The molecule has 1 atom stereocenters. The van der Waals surface area contributed by atoms with Crippen LogP contribution in [0.25, 0.3) is 0 Å². The maximum absolute atomic E-state index is 12.8. The van der Waals surface area contributed by atoms with Gasteiger partial charge in [-0.05, 0) is 55.5 Å². The Labute approximate surface area is 124 Å².